The maximum Gasteiger partial charge on any atom is 0.269 e. The quantitative estimate of drug-likeness (QED) is 0.426. The van der Waals surface area contributed by atoms with Crippen molar-refractivity contribution in [2.75, 3.05) is 0 Å². The third-order valence-electron chi connectivity index (χ3n) is 2.06. The number of hydrogen-bond donors (Lipinski definition) is 0. The minimum Gasteiger partial charge on any atom is -0.303 e. The average Bonchev–Trinajstić information content (AvgIpc) is 2.27. The molecule has 0 fully saturated rings. The van der Waals surface area contributed by atoms with Crippen molar-refractivity contribution in [3.8, 4) is 6.07 Å². The topological polar surface area (TPSA) is 84.0 Å². The van der Waals surface area contributed by atoms with E-state index < -0.39 is 10.8 Å². The van der Waals surface area contributed by atoms with Crippen molar-refractivity contribution in [2.45, 2.75) is 12.8 Å². The van der Waals surface area contributed by atoms with Crippen LogP contribution in [0.4, 0.5) is 5.69 Å². The highest BCUT2D eigenvalue weighted by atomic mass is 16.6. The molecule has 0 spiro atoms. The number of non-ortho nitro benzene ring substituents is 1. The zero-order valence-corrected chi connectivity index (χ0v) is 8.01. The first-order valence-electron chi connectivity index (χ1n) is 4.24. The van der Waals surface area contributed by atoms with Gasteiger partial charge in [-0.25, -0.2) is 0 Å². The Balaban J connectivity index is 3.32. The van der Waals surface area contributed by atoms with Crippen LogP contribution in [0.3, 0.4) is 0 Å². The fourth-order valence-corrected chi connectivity index (χ4v) is 1.22. The van der Waals surface area contributed by atoms with Gasteiger partial charge >= 0.3 is 0 Å². The summed E-state index contributed by atoms with van der Waals surface area (Å²) in [5, 5.41) is 19.3. The lowest BCUT2D eigenvalue weighted by Gasteiger charge is -2.05. The van der Waals surface area contributed by atoms with Crippen molar-refractivity contribution >= 4 is 12.0 Å². The number of rotatable bonds is 3. The fourth-order valence-electron chi connectivity index (χ4n) is 1.22. The summed E-state index contributed by atoms with van der Waals surface area (Å²) in [6.07, 6.45) is 0.653. The molecule has 1 aromatic rings. The second kappa shape index (κ2) is 4.33. The summed E-state index contributed by atoms with van der Waals surface area (Å²) in [7, 11) is 0. The number of nitriles is 1. The normalized spacial score (nSPS) is 11.5. The smallest absolute Gasteiger partial charge is 0.269 e. The van der Waals surface area contributed by atoms with E-state index in [2.05, 4.69) is 0 Å². The summed E-state index contributed by atoms with van der Waals surface area (Å²) in [5.74, 6) is -0.514. The predicted molar refractivity (Wildman–Crippen MR) is 52.3 cm³/mol. The molecule has 0 aliphatic rings. The Labute approximate surface area is 86.1 Å². The minimum absolute atomic E-state index is 0.113. The lowest BCUT2D eigenvalue weighted by Crippen LogP contribution is -2.00. The standard InChI is InChI=1S/C10H8N2O3/c1-7(6-13)10-4-9(12(14)15)3-2-8(10)5-11/h2-4,6-7H,1H3. The first-order chi connectivity index (χ1) is 7.10. The predicted octanol–water partition coefficient (Wildman–Crippen LogP) is 1.77. The highest BCUT2D eigenvalue weighted by molar-refractivity contribution is 5.65. The lowest BCUT2D eigenvalue weighted by atomic mass is 9.97. The average molecular weight is 204 g/mol. The minimum atomic E-state index is -0.553. The Kier molecular flexibility index (Phi) is 3.13. The summed E-state index contributed by atoms with van der Waals surface area (Å²) in [6, 6.07) is 5.76. The number of nitro benzene ring substituents is 1. The first kappa shape index (κ1) is 10.9. The summed E-state index contributed by atoms with van der Waals surface area (Å²) >= 11 is 0. The van der Waals surface area contributed by atoms with E-state index in [1.165, 1.54) is 18.2 Å². The molecule has 76 valence electrons. The van der Waals surface area contributed by atoms with Crippen LogP contribution in [0.25, 0.3) is 0 Å². The number of carbonyl (C=O) groups is 1. The molecule has 1 aromatic carbocycles. The fraction of sp³-hybridized carbons (Fsp3) is 0.200. The molecule has 0 bridgehead atoms. The number of benzene rings is 1. The van der Waals surface area contributed by atoms with Gasteiger partial charge in [0, 0.05) is 18.1 Å². The Hall–Kier alpha value is -2.22. The zero-order chi connectivity index (χ0) is 11.4. The SMILES string of the molecule is CC(C=O)c1cc([N+](=O)[O-])ccc1C#N. The molecule has 0 radical (unpaired) electrons. The number of hydrogen-bond acceptors (Lipinski definition) is 4. The molecular formula is C10H8N2O3. The van der Waals surface area contributed by atoms with E-state index in [0.29, 0.717) is 17.4 Å². The van der Waals surface area contributed by atoms with Gasteiger partial charge in [-0.3, -0.25) is 10.1 Å². The van der Waals surface area contributed by atoms with Gasteiger partial charge in [-0.05, 0) is 11.6 Å². The third kappa shape index (κ3) is 2.17. The van der Waals surface area contributed by atoms with Crippen LogP contribution < -0.4 is 0 Å². The van der Waals surface area contributed by atoms with E-state index in [1.54, 1.807) is 6.92 Å². The molecule has 1 unspecified atom stereocenters. The molecular weight excluding hydrogens is 196 g/mol. The molecule has 0 amide bonds. The molecule has 0 aromatic heterocycles. The van der Waals surface area contributed by atoms with Gasteiger partial charge in [-0.15, -0.1) is 0 Å². The molecule has 0 N–H and O–H groups in total. The zero-order valence-electron chi connectivity index (χ0n) is 8.01. The Morgan fingerprint density at radius 1 is 1.60 bits per heavy atom. The maximum absolute atomic E-state index is 10.6. The van der Waals surface area contributed by atoms with E-state index >= 15 is 0 Å². The second-order valence-electron chi connectivity index (χ2n) is 3.07. The molecule has 5 nitrogen and oxygen atoms in total. The molecule has 0 saturated heterocycles. The van der Waals surface area contributed by atoms with E-state index in [1.807, 2.05) is 6.07 Å². The van der Waals surface area contributed by atoms with Gasteiger partial charge in [-0.1, -0.05) is 6.92 Å². The van der Waals surface area contributed by atoms with Crippen LogP contribution >= 0.6 is 0 Å². The van der Waals surface area contributed by atoms with Crippen LogP contribution in [-0.2, 0) is 4.79 Å². The van der Waals surface area contributed by atoms with Crippen LogP contribution in [0.2, 0.25) is 0 Å². The largest absolute Gasteiger partial charge is 0.303 e. The Morgan fingerprint density at radius 2 is 2.27 bits per heavy atom. The highest BCUT2D eigenvalue weighted by Crippen LogP contribution is 2.23. The molecule has 0 aliphatic heterocycles. The second-order valence-corrected chi connectivity index (χ2v) is 3.07. The third-order valence-corrected chi connectivity index (χ3v) is 2.06. The molecule has 15 heavy (non-hydrogen) atoms. The number of nitro groups is 1. The van der Waals surface area contributed by atoms with Crippen LogP contribution in [0.15, 0.2) is 18.2 Å². The van der Waals surface area contributed by atoms with Crippen molar-refractivity contribution in [1.29, 1.82) is 5.26 Å². The van der Waals surface area contributed by atoms with E-state index in [4.69, 9.17) is 5.26 Å². The number of carbonyl (C=O) groups excluding carboxylic acids is 1. The van der Waals surface area contributed by atoms with Crippen LogP contribution in [0, 0.1) is 21.4 Å². The molecule has 5 heteroatoms. The van der Waals surface area contributed by atoms with Gasteiger partial charge in [0.05, 0.1) is 16.6 Å². The van der Waals surface area contributed by atoms with Crippen molar-refractivity contribution in [1.82, 2.24) is 0 Å². The Morgan fingerprint density at radius 3 is 2.73 bits per heavy atom. The van der Waals surface area contributed by atoms with Crippen molar-refractivity contribution in [3.05, 3.63) is 39.4 Å². The van der Waals surface area contributed by atoms with Gasteiger partial charge in [0.25, 0.3) is 5.69 Å². The van der Waals surface area contributed by atoms with E-state index in [0.717, 1.165) is 0 Å². The van der Waals surface area contributed by atoms with E-state index in [-0.39, 0.29) is 5.69 Å². The van der Waals surface area contributed by atoms with E-state index in [9.17, 15) is 14.9 Å². The molecule has 0 saturated carbocycles. The Bertz CT molecular complexity index is 448. The summed E-state index contributed by atoms with van der Waals surface area (Å²) < 4.78 is 0. The van der Waals surface area contributed by atoms with Crippen LogP contribution in [-0.4, -0.2) is 11.2 Å². The highest BCUT2D eigenvalue weighted by Gasteiger charge is 2.14. The molecule has 1 atom stereocenters. The summed E-state index contributed by atoms with van der Waals surface area (Å²) in [6.45, 7) is 1.59. The van der Waals surface area contributed by atoms with Gasteiger partial charge < -0.3 is 4.79 Å². The van der Waals surface area contributed by atoms with Gasteiger partial charge in [0.1, 0.15) is 6.29 Å². The molecule has 0 aliphatic carbocycles. The lowest BCUT2D eigenvalue weighted by molar-refractivity contribution is -0.384. The summed E-state index contributed by atoms with van der Waals surface area (Å²) in [4.78, 5) is 20.5. The first-order valence-corrected chi connectivity index (χ1v) is 4.24. The van der Waals surface area contributed by atoms with Gasteiger partial charge in [0.2, 0.25) is 0 Å². The van der Waals surface area contributed by atoms with Crippen molar-refractivity contribution in [3.63, 3.8) is 0 Å². The van der Waals surface area contributed by atoms with Crippen LogP contribution in [0.1, 0.15) is 24.0 Å². The van der Waals surface area contributed by atoms with Crippen molar-refractivity contribution in [2.24, 2.45) is 0 Å². The summed E-state index contributed by atoms with van der Waals surface area (Å²) in [5.41, 5.74) is 0.569. The molecule has 0 heterocycles. The number of nitrogens with zero attached hydrogens (tertiary/aromatic N) is 2. The van der Waals surface area contributed by atoms with Gasteiger partial charge in [-0.2, -0.15) is 5.26 Å². The molecule has 1 rings (SSSR count). The van der Waals surface area contributed by atoms with Gasteiger partial charge in [0.15, 0.2) is 0 Å². The number of aldehydes is 1. The monoisotopic (exact) mass is 204 g/mol. The maximum atomic E-state index is 10.6. The van der Waals surface area contributed by atoms with Crippen LogP contribution in [0.5, 0.6) is 0 Å². The van der Waals surface area contributed by atoms with Crippen molar-refractivity contribution < 1.29 is 9.72 Å².